The standard InChI is InChI=1S/C14H31N.C2H4/c1-3-5-6-7-8-9-10-11-12-13-14-15-4-2;1-2/h15H,3-14H2,1-2H3;1-2H2. The molecule has 0 amide bonds. The van der Waals surface area contributed by atoms with Gasteiger partial charge >= 0.3 is 0 Å². The molecule has 0 rings (SSSR count). The summed E-state index contributed by atoms with van der Waals surface area (Å²) in [6.07, 6.45) is 14.3. The maximum atomic E-state index is 3.37. The number of hydrogen-bond donors (Lipinski definition) is 1. The highest BCUT2D eigenvalue weighted by molar-refractivity contribution is 4.49. The average Bonchev–Trinajstić information content (AvgIpc) is 2.38. The second kappa shape index (κ2) is 21.0. The van der Waals surface area contributed by atoms with E-state index in [4.69, 9.17) is 0 Å². The van der Waals surface area contributed by atoms with Gasteiger partial charge in [-0.15, -0.1) is 13.2 Å². The van der Waals surface area contributed by atoms with Gasteiger partial charge in [-0.25, -0.2) is 0 Å². The molecular weight excluding hydrogens is 206 g/mol. The Morgan fingerprint density at radius 1 is 0.647 bits per heavy atom. The van der Waals surface area contributed by atoms with Crippen molar-refractivity contribution >= 4 is 0 Å². The topological polar surface area (TPSA) is 12.0 Å². The molecule has 0 aromatic carbocycles. The highest BCUT2D eigenvalue weighted by Crippen LogP contribution is 2.10. The quantitative estimate of drug-likeness (QED) is 0.360. The Kier molecular flexibility index (Phi) is 23.6. The van der Waals surface area contributed by atoms with Crippen molar-refractivity contribution in [2.75, 3.05) is 13.1 Å². The van der Waals surface area contributed by atoms with Crippen LogP contribution in [-0.4, -0.2) is 13.1 Å². The van der Waals surface area contributed by atoms with Gasteiger partial charge in [0.2, 0.25) is 0 Å². The molecule has 0 unspecified atom stereocenters. The maximum Gasteiger partial charge on any atom is -0.00490 e. The van der Waals surface area contributed by atoms with Gasteiger partial charge in [-0.2, -0.15) is 0 Å². The van der Waals surface area contributed by atoms with Gasteiger partial charge in [-0.05, 0) is 19.5 Å². The molecule has 0 aromatic rings. The molecule has 0 spiro atoms. The molecule has 1 heteroatoms. The molecule has 0 aliphatic rings. The first-order valence-electron chi connectivity index (χ1n) is 7.62. The first-order chi connectivity index (χ1) is 8.41. The second-order valence-corrected chi connectivity index (χ2v) is 4.54. The minimum absolute atomic E-state index is 1.12. The summed E-state index contributed by atoms with van der Waals surface area (Å²) in [5.74, 6) is 0. The molecule has 0 radical (unpaired) electrons. The average molecular weight is 241 g/mol. The fourth-order valence-corrected chi connectivity index (χ4v) is 1.91. The molecule has 0 aliphatic carbocycles. The zero-order valence-corrected chi connectivity index (χ0v) is 12.4. The minimum atomic E-state index is 1.12. The lowest BCUT2D eigenvalue weighted by Crippen LogP contribution is -2.13. The Balaban J connectivity index is 0. The molecule has 0 bridgehead atoms. The predicted molar refractivity (Wildman–Crippen MR) is 81.6 cm³/mol. The smallest absolute Gasteiger partial charge is 0.00490 e. The van der Waals surface area contributed by atoms with Gasteiger partial charge in [-0.1, -0.05) is 71.6 Å². The summed E-state index contributed by atoms with van der Waals surface area (Å²) in [5.41, 5.74) is 0. The summed E-state index contributed by atoms with van der Waals surface area (Å²) < 4.78 is 0. The Morgan fingerprint density at radius 3 is 1.47 bits per heavy atom. The van der Waals surface area contributed by atoms with Gasteiger partial charge in [0.1, 0.15) is 0 Å². The molecule has 0 fully saturated rings. The normalized spacial score (nSPS) is 9.76. The summed E-state index contributed by atoms with van der Waals surface area (Å²) >= 11 is 0. The van der Waals surface area contributed by atoms with Crippen LogP contribution < -0.4 is 5.32 Å². The number of nitrogens with one attached hydrogen (secondary N) is 1. The van der Waals surface area contributed by atoms with Crippen molar-refractivity contribution in [2.45, 2.75) is 78.1 Å². The lowest BCUT2D eigenvalue weighted by atomic mass is 10.1. The predicted octanol–water partition coefficient (Wildman–Crippen LogP) is 5.32. The largest absolute Gasteiger partial charge is 0.317 e. The molecule has 0 aromatic heterocycles. The van der Waals surface area contributed by atoms with Crippen molar-refractivity contribution in [3.05, 3.63) is 13.2 Å². The molecule has 17 heavy (non-hydrogen) atoms. The van der Waals surface area contributed by atoms with Gasteiger partial charge in [0.15, 0.2) is 0 Å². The van der Waals surface area contributed by atoms with Gasteiger partial charge in [0.25, 0.3) is 0 Å². The molecule has 0 heterocycles. The minimum Gasteiger partial charge on any atom is -0.317 e. The number of hydrogen-bond acceptors (Lipinski definition) is 1. The zero-order valence-electron chi connectivity index (χ0n) is 12.4. The molecule has 0 saturated carbocycles. The molecule has 1 N–H and O–H groups in total. The van der Waals surface area contributed by atoms with Gasteiger partial charge < -0.3 is 5.32 Å². The molecule has 0 saturated heterocycles. The van der Waals surface area contributed by atoms with Crippen molar-refractivity contribution in [1.82, 2.24) is 5.32 Å². The Hall–Kier alpha value is -0.300. The lowest BCUT2D eigenvalue weighted by molar-refractivity contribution is 0.547. The lowest BCUT2D eigenvalue weighted by Gasteiger charge is -2.02. The summed E-state index contributed by atoms with van der Waals surface area (Å²) in [4.78, 5) is 0. The van der Waals surface area contributed by atoms with Crippen LogP contribution in [0.4, 0.5) is 0 Å². The van der Waals surface area contributed by atoms with Crippen LogP contribution in [0.2, 0.25) is 0 Å². The third kappa shape index (κ3) is 21.5. The molecule has 104 valence electrons. The van der Waals surface area contributed by atoms with E-state index in [0.29, 0.717) is 0 Å². The highest BCUT2D eigenvalue weighted by atomic mass is 14.8. The van der Waals surface area contributed by atoms with E-state index in [9.17, 15) is 0 Å². The molecule has 0 aliphatic heterocycles. The van der Waals surface area contributed by atoms with E-state index in [1.165, 1.54) is 70.8 Å². The molecule has 1 nitrogen and oxygen atoms in total. The third-order valence-corrected chi connectivity index (χ3v) is 2.96. The van der Waals surface area contributed by atoms with E-state index in [1.54, 1.807) is 0 Å². The van der Waals surface area contributed by atoms with Crippen LogP contribution in [0.5, 0.6) is 0 Å². The van der Waals surface area contributed by atoms with Crippen molar-refractivity contribution in [2.24, 2.45) is 0 Å². The Labute approximate surface area is 110 Å². The van der Waals surface area contributed by atoms with E-state index in [2.05, 4.69) is 32.3 Å². The van der Waals surface area contributed by atoms with Crippen LogP contribution in [0.3, 0.4) is 0 Å². The van der Waals surface area contributed by atoms with Gasteiger partial charge in [-0.3, -0.25) is 0 Å². The SMILES string of the molecule is C=C.CCCCCCCCCCCCNCC. The van der Waals surface area contributed by atoms with Crippen LogP contribution in [-0.2, 0) is 0 Å². The van der Waals surface area contributed by atoms with Crippen molar-refractivity contribution in [3.63, 3.8) is 0 Å². The summed E-state index contributed by atoms with van der Waals surface area (Å²) in [7, 11) is 0. The first kappa shape index (κ1) is 19.0. The third-order valence-electron chi connectivity index (χ3n) is 2.96. The van der Waals surface area contributed by atoms with E-state index in [0.717, 1.165) is 6.54 Å². The zero-order chi connectivity index (χ0) is 13.2. The maximum absolute atomic E-state index is 3.37. The summed E-state index contributed by atoms with van der Waals surface area (Å²) in [6.45, 7) is 12.8. The van der Waals surface area contributed by atoms with Crippen LogP contribution in [0.25, 0.3) is 0 Å². The first-order valence-corrected chi connectivity index (χ1v) is 7.62. The monoisotopic (exact) mass is 241 g/mol. The van der Waals surface area contributed by atoms with Gasteiger partial charge in [0, 0.05) is 0 Å². The number of unbranched alkanes of at least 4 members (excludes halogenated alkanes) is 9. The van der Waals surface area contributed by atoms with Crippen LogP contribution in [0.1, 0.15) is 78.1 Å². The fraction of sp³-hybridized carbons (Fsp3) is 0.875. The van der Waals surface area contributed by atoms with Crippen molar-refractivity contribution in [3.8, 4) is 0 Å². The van der Waals surface area contributed by atoms with E-state index >= 15 is 0 Å². The van der Waals surface area contributed by atoms with Crippen molar-refractivity contribution in [1.29, 1.82) is 0 Å². The Bertz CT molecular complexity index is 100. The fourth-order valence-electron chi connectivity index (χ4n) is 1.91. The van der Waals surface area contributed by atoms with Crippen LogP contribution in [0, 0.1) is 0 Å². The summed E-state index contributed by atoms with van der Waals surface area (Å²) in [5, 5.41) is 3.37. The number of rotatable bonds is 12. The van der Waals surface area contributed by atoms with Crippen LogP contribution >= 0.6 is 0 Å². The van der Waals surface area contributed by atoms with E-state index < -0.39 is 0 Å². The summed E-state index contributed by atoms with van der Waals surface area (Å²) in [6, 6.07) is 0. The van der Waals surface area contributed by atoms with Crippen molar-refractivity contribution < 1.29 is 0 Å². The molecule has 0 atom stereocenters. The van der Waals surface area contributed by atoms with Crippen LogP contribution in [0.15, 0.2) is 13.2 Å². The van der Waals surface area contributed by atoms with E-state index in [1.807, 2.05) is 0 Å². The van der Waals surface area contributed by atoms with E-state index in [-0.39, 0.29) is 0 Å². The Morgan fingerprint density at radius 2 is 1.06 bits per heavy atom. The second-order valence-electron chi connectivity index (χ2n) is 4.54. The highest BCUT2D eigenvalue weighted by Gasteiger charge is 1.91. The molecular formula is C16H35N. The van der Waals surface area contributed by atoms with Gasteiger partial charge in [0.05, 0.1) is 0 Å².